The zero-order valence-corrected chi connectivity index (χ0v) is 13.3. The van der Waals surface area contributed by atoms with E-state index in [0.717, 1.165) is 22.4 Å². The van der Waals surface area contributed by atoms with Gasteiger partial charge in [0, 0.05) is 5.56 Å². The third-order valence-corrected chi connectivity index (χ3v) is 3.46. The Morgan fingerprint density at radius 1 is 1.12 bits per heavy atom. The number of hydrogen-bond donors (Lipinski definition) is 1. The predicted octanol–water partition coefficient (Wildman–Crippen LogP) is 2.24. The molecule has 0 spiro atoms. The van der Waals surface area contributed by atoms with Gasteiger partial charge >= 0.3 is 0 Å². The molecular formula is C17H18N6O. The van der Waals surface area contributed by atoms with Crippen LogP contribution in [0.2, 0.25) is 0 Å². The predicted molar refractivity (Wildman–Crippen MR) is 91.2 cm³/mol. The maximum absolute atomic E-state index is 5.50. The van der Waals surface area contributed by atoms with Crippen LogP contribution in [0.5, 0.6) is 0 Å². The quantitative estimate of drug-likeness (QED) is 0.555. The van der Waals surface area contributed by atoms with Crippen molar-refractivity contribution in [3.8, 4) is 0 Å². The second-order valence-electron chi connectivity index (χ2n) is 5.27. The van der Waals surface area contributed by atoms with Gasteiger partial charge in [0.05, 0.1) is 12.3 Å². The highest BCUT2D eigenvalue weighted by atomic mass is 16.6. The van der Waals surface area contributed by atoms with Crippen LogP contribution in [0.25, 0.3) is 0 Å². The van der Waals surface area contributed by atoms with Gasteiger partial charge in [-0.2, -0.15) is 4.80 Å². The molecule has 0 radical (unpaired) electrons. The Hall–Kier alpha value is -3.22. The molecule has 0 saturated heterocycles. The molecule has 3 rings (SSSR count). The van der Waals surface area contributed by atoms with Crippen LogP contribution < -0.4 is 5.73 Å². The van der Waals surface area contributed by atoms with E-state index in [-0.39, 0.29) is 5.95 Å². The lowest BCUT2D eigenvalue weighted by Gasteiger charge is -2.08. The molecule has 0 aliphatic rings. The SMILES string of the molecule is CC(=NOCc1ccccc1)c1ccccc1Cn1nnc(N)n1. The summed E-state index contributed by atoms with van der Waals surface area (Å²) >= 11 is 0. The number of benzene rings is 2. The Morgan fingerprint density at radius 3 is 2.62 bits per heavy atom. The van der Waals surface area contributed by atoms with Gasteiger partial charge < -0.3 is 10.6 Å². The van der Waals surface area contributed by atoms with Gasteiger partial charge in [-0.1, -0.05) is 64.9 Å². The van der Waals surface area contributed by atoms with Crippen molar-refractivity contribution in [3.63, 3.8) is 0 Å². The van der Waals surface area contributed by atoms with Gasteiger partial charge in [0.15, 0.2) is 0 Å². The summed E-state index contributed by atoms with van der Waals surface area (Å²) in [7, 11) is 0. The monoisotopic (exact) mass is 322 g/mol. The van der Waals surface area contributed by atoms with Gasteiger partial charge in [-0.15, -0.1) is 5.10 Å². The van der Waals surface area contributed by atoms with Crippen LogP contribution in [0.4, 0.5) is 5.95 Å². The molecule has 1 aromatic heterocycles. The van der Waals surface area contributed by atoms with E-state index in [9.17, 15) is 0 Å². The molecule has 0 saturated carbocycles. The first kappa shape index (κ1) is 15.7. The molecule has 7 heteroatoms. The number of nitrogens with two attached hydrogens (primary N) is 1. The van der Waals surface area contributed by atoms with E-state index >= 15 is 0 Å². The zero-order chi connectivity index (χ0) is 16.8. The summed E-state index contributed by atoms with van der Waals surface area (Å²) in [6.07, 6.45) is 0. The minimum absolute atomic E-state index is 0.157. The number of oxime groups is 1. The number of nitrogens with zero attached hydrogens (tertiary/aromatic N) is 5. The number of anilines is 1. The van der Waals surface area contributed by atoms with E-state index in [2.05, 4.69) is 20.6 Å². The molecule has 0 aliphatic carbocycles. The minimum Gasteiger partial charge on any atom is -0.391 e. The first-order valence-corrected chi connectivity index (χ1v) is 7.54. The van der Waals surface area contributed by atoms with Crippen molar-refractivity contribution in [2.24, 2.45) is 5.16 Å². The van der Waals surface area contributed by atoms with Crippen molar-refractivity contribution in [2.75, 3.05) is 5.73 Å². The van der Waals surface area contributed by atoms with Crippen molar-refractivity contribution in [1.82, 2.24) is 20.2 Å². The third kappa shape index (κ3) is 3.95. The zero-order valence-electron chi connectivity index (χ0n) is 13.3. The first-order valence-electron chi connectivity index (χ1n) is 7.54. The van der Waals surface area contributed by atoms with Gasteiger partial charge in [0.25, 0.3) is 5.95 Å². The maximum atomic E-state index is 5.50. The second kappa shape index (κ2) is 7.36. The van der Waals surface area contributed by atoms with Crippen molar-refractivity contribution < 1.29 is 4.84 Å². The van der Waals surface area contributed by atoms with Crippen LogP contribution in [0.3, 0.4) is 0 Å². The summed E-state index contributed by atoms with van der Waals surface area (Å²) in [6.45, 7) is 2.81. The highest BCUT2D eigenvalue weighted by Crippen LogP contribution is 2.12. The van der Waals surface area contributed by atoms with Crippen molar-refractivity contribution in [1.29, 1.82) is 0 Å². The summed E-state index contributed by atoms with van der Waals surface area (Å²) < 4.78 is 0. The molecule has 0 unspecified atom stereocenters. The van der Waals surface area contributed by atoms with Gasteiger partial charge in [0.2, 0.25) is 0 Å². The molecule has 3 aromatic rings. The second-order valence-corrected chi connectivity index (χ2v) is 5.27. The molecule has 0 atom stereocenters. The van der Waals surface area contributed by atoms with Crippen molar-refractivity contribution in [3.05, 3.63) is 71.3 Å². The molecule has 0 bridgehead atoms. The lowest BCUT2D eigenvalue weighted by Crippen LogP contribution is -2.09. The summed E-state index contributed by atoms with van der Waals surface area (Å²) in [5, 5.41) is 15.8. The van der Waals surface area contributed by atoms with E-state index in [1.807, 2.05) is 61.5 Å². The molecule has 0 aliphatic heterocycles. The fraction of sp³-hybridized carbons (Fsp3) is 0.176. The molecule has 1 heterocycles. The standard InChI is InChI=1S/C17H18N6O/c1-13(21-24-12-14-7-3-2-4-8-14)16-10-6-5-9-15(16)11-23-20-17(18)19-22-23/h2-10H,11-12H2,1H3,(H2,18,20). The van der Waals surface area contributed by atoms with Crippen LogP contribution >= 0.6 is 0 Å². The van der Waals surface area contributed by atoms with Crippen LogP contribution in [0, 0.1) is 0 Å². The maximum Gasteiger partial charge on any atom is 0.260 e. The Bertz CT molecular complexity index is 828. The Labute approximate surface area is 139 Å². The molecule has 2 N–H and O–H groups in total. The molecule has 122 valence electrons. The van der Waals surface area contributed by atoms with E-state index in [4.69, 9.17) is 10.6 Å². The summed E-state index contributed by atoms with van der Waals surface area (Å²) in [5.41, 5.74) is 9.35. The van der Waals surface area contributed by atoms with Crippen molar-refractivity contribution >= 4 is 11.7 Å². The molecule has 0 fully saturated rings. The topological polar surface area (TPSA) is 91.2 Å². The smallest absolute Gasteiger partial charge is 0.260 e. The number of nitrogen functional groups attached to an aromatic ring is 1. The van der Waals surface area contributed by atoms with E-state index < -0.39 is 0 Å². The number of hydrogen-bond acceptors (Lipinski definition) is 6. The first-order chi connectivity index (χ1) is 11.7. The Kier molecular flexibility index (Phi) is 4.81. The fourth-order valence-electron chi connectivity index (χ4n) is 2.31. The summed E-state index contributed by atoms with van der Waals surface area (Å²) in [4.78, 5) is 6.91. The lowest BCUT2D eigenvalue weighted by atomic mass is 10.0. The van der Waals surface area contributed by atoms with Crippen LogP contribution in [0.1, 0.15) is 23.6 Å². The largest absolute Gasteiger partial charge is 0.391 e. The van der Waals surface area contributed by atoms with Gasteiger partial charge in [-0.05, 0) is 23.3 Å². The average Bonchev–Trinajstić information content (AvgIpc) is 3.01. The minimum atomic E-state index is 0.157. The molecule has 2 aromatic carbocycles. The average molecular weight is 322 g/mol. The normalized spacial score (nSPS) is 11.5. The van der Waals surface area contributed by atoms with E-state index in [1.54, 1.807) is 0 Å². The number of tetrazole rings is 1. The van der Waals surface area contributed by atoms with Gasteiger partial charge in [-0.25, -0.2) is 0 Å². The van der Waals surface area contributed by atoms with Gasteiger partial charge in [-0.3, -0.25) is 0 Å². The highest BCUT2D eigenvalue weighted by molar-refractivity contribution is 5.99. The van der Waals surface area contributed by atoms with Crippen LogP contribution in [0.15, 0.2) is 59.8 Å². The van der Waals surface area contributed by atoms with E-state index in [1.165, 1.54) is 4.80 Å². The summed E-state index contributed by atoms with van der Waals surface area (Å²) in [5.74, 6) is 0.157. The fourth-order valence-corrected chi connectivity index (χ4v) is 2.31. The Balaban J connectivity index is 1.72. The summed E-state index contributed by atoms with van der Waals surface area (Å²) in [6, 6.07) is 17.8. The van der Waals surface area contributed by atoms with E-state index in [0.29, 0.717) is 13.2 Å². The van der Waals surface area contributed by atoms with Gasteiger partial charge in [0.1, 0.15) is 6.61 Å². The molecule has 7 nitrogen and oxygen atoms in total. The third-order valence-electron chi connectivity index (χ3n) is 3.46. The molecule has 0 amide bonds. The molecule has 24 heavy (non-hydrogen) atoms. The number of rotatable bonds is 6. The highest BCUT2D eigenvalue weighted by Gasteiger charge is 2.08. The van der Waals surface area contributed by atoms with Crippen LogP contribution in [-0.4, -0.2) is 25.9 Å². The number of aromatic nitrogens is 4. The van der Waals surface area contributed by atoms with Crippen LogP contribution in [-0.2, 0) is 18.0 Å². The molecular weight excluding hydrogens is 304 g/mol. The van der Waals surface area contributed by atoms with Crippen molar-refractivity contribution in [2.45, 2.75) is 20.1 Å². The lowest BCUT2D eigenvalue weighted by molar-refractivity contribution is 0.130. The Morgan fingerprint density at radius 2 is 1.88 bits per heavy atom.